The van der Waals surface area contributed by atoms with Crippen molar-refractivity contribution in [1.29, 1.82) is 0 Å². The van der Waals surface area contributed by atoms with Gasteiger partial charge >= 0.3 is 0 Å². The highest BCUT2D eigenvalue weighted by atomic mass is 19.1. The Hall–Kier alpha value is -1.87. The number of rotatable bonds is 1. The molecule has 0 aliphatic carbocycles. The van der Waals surface area contributed by atoms with Crippen LogP contribution in [-0.2, 0) is 0 Å². The van der Waals surface area contributed by atoms with Crippen LogP contribution in [0.2, 0.25) is 0 Å². The van der Waals surface area contributed by atoms with E-state index in [0.717, 1.165) is 16.9 Å². The fourth-order valence-corrected chi connectivity index (χ4v) is 2.51. The van der Waals surface area contributed by atoms with Crippen molar-refractivity contribution in [2.45, 2.75) is 25.5 Å². The minimum absolute atomic E-state index is 0.0429. The lowest BCUT2D eigenvalue weighted by atomic mass is 9.93. The smallest absolute Gasteiger partial charge is 0.126 e. The topological polar surface area (TPSA) is 35.2 Å². The van der Waals surface area contributed by atoms with Crippen molar-refractivity contribution in [3.63, 3.8) is 0 Å². The van der Waals surface area contributed by atoms with Gasteiger partial charge in [0.15, 0.2) is 0 Å². The molecule has 1 aliphatic rings. The minimum atomic E-state index is -0.236. The SMILES string of the molecule is Cc1ccc2c(c1)C(N)CC(c1ccc(F)cc1)O2. The molecule has 0 saturated carbocycles. The van der Waals surface area contributed by atoms with E-state index in [-0.39, 0.29) is 18.0 Å². The molecule has 3 heteroatoms. The average molecular weight is 257 g/mol. The van der Waals surface area contributed by atoms with Crippen molar-refractivity contribution < 1.29 is 9.13 Å². The van der Waals surface area contributed by atoms with Gasteiger partial charge in [-0.15, -0.1) is 0 Å². The highest BCUT2D eigenvalue weighted by Crippen LogP contribution is 2.39. The molecular weight excluding hydrogens is 241 g/mol. The van der Waals surface area contributed by atoms with Gasteiger partial charge in [0.1, 0.15) is 17.7 Å². The molecule has 1 heterocycles. The summed E-state index contributed by atoms with van der Waals surface area (Å²) in [4.78, 5) is 0. The summed E-state index contributed by atoms with van der Waals surface area (Å²) in [5.74, 6) is 0.596. The number of fused-ring (bicyclic) bond motifs is 1. The molecule has 0 bridgehead atoms. The molecule has 98 valence electrons. The molecular formula is C16H16FNO. The van der Waals surface area contributed by atoms with Crippen LogP contribution in [0, 0.1) is 12.7 Å². The van der Waals surface area contributed by atoms with Gasteiger partial charge in [-0.1, -0.05) is 29.8 Å². The molecule has 2 nitrogen and oxygen atoms in total. The van der Waals surface area contributed by atoms with Crippen LogP contribution in [0.4, 0.5) is 4.39 Å². The van der Waals surface area contributed by atoms with Gasteiger partial charge < -0.3 is 10.5 Å². The Morgan fingerprint density at radius 3 is 2.63 bits per heavy atom. The average Bonchev–Trinajstić information content (AvgIpc) is 2.40. The van der Waals surface area contributed by atoms with Gasteiger partial charge in [-0.3, -0.25) is 0 Å². The zero-order chi connectivity index (χ0) is 13.4. The minimum Gasteiger partial charge on any atom is -0.485 e. The molecule has 0 saturated heterocycles. The number of benzene rings is 2. The number of ether oxygens (including phenoxy) is 1. The first-order valence-corrected chi connectivity index (χ1v) is 6.42. The molecule has 2 unspecified atom stereocenters. The van der Waals surface area contributed by atoms with Crippen molar-refractivity contribution in [3.05, 3.63) is 65.0 Å². The van der Waals surface area contributed by atoms with Crippen molar-refractivity contribution in [2.75, 3.05) is 0 Å². The summed E-state index contributed by atoms with van der Waals surface area (Å²) in [5.41, 5.74) is 9.41. The lowest BCUT2D eigenvalue weighted by Gasteiger charge is -2.30. The molecule has 19 heavy (non-hydrogen) atoms. The normalized spacial score (nSPS) is 21.6. The summed E-state index contributed by atoms with van der Waals surface area (Å²) in [6.07, 6.45) is 0.605. The van der Waals surface area contributed by atoms with Crippen molar-refractivity contribution in [3.8, 4) is 5.75 Å². The van der Waals surface area contributed by atoms with Gasteiger partial charge in [0.05, 0.1) is 0 Å². The lowest BCUT2D eigenvalue weighted by Crippen LogP contribution is -2.24. The first kappa shape index (κ1) is 12.2. The molecule has 0 amide bonds. The Balaban J connectivity index is 1.92. The van der Waals surface area contributed by atoms with Gasteiger partial charge in [0.2, 0.25) is 0 Å². The van der Waals surface area contributed by atoms with Gasteiger partial charge in [0.25, 0.3) is 0 Å². The first-order valence-electron chi connectivity index (χ1n) is 6.42. The van der Waals surface area contributed by atoms with E-state index in [9.17, 15) is 4.39 Å². The van der Waals surface area contributed by atoms with Gasteiger partial charge in [-0.05, 0) is 30.7 Å². The summed E-state index contributed by atoms with van der Waals surface area (Å²) < 4.78 is 18.9. The van der Waals surface area contributed by atoms with E-state index in [0.29, 0.717) is 6.42 Å². The third-order valence-electron chi connectivity index (χ3n) is 3.54. The second-order valence-corrected chi connectivity index (χ2v) is 5.04. The molecule has 2 N–H and O–H groups in total. The standard InChI is InChI=1S/C16H16FNO/c1-10-2-7-15-13(8-10)14(18)9-16(19-15)11-3-5-12(17)6-4-11/h2-8,14,16H,9,18H2,1H3. The maximum Gasteiger partial charge on any atom is 0.126 e. The molecule has 0 aromatic heterocycles. The van der Waals surface area contributed by atoms with E-state index < -0.39 is 0 Å². The Morgan fingerprint density at radius 1 is 1.16 bits per heavy atom. The maximum absolute atomic E-state index is 12.9. The van der Waals surface area contributed by atoms with Crippen molar-refractivity contribution in [2.24, 2.45) is 5.73 Å². The molecule has 2 aromatic rings. The Bertz CT molecular complexity index is 594. The van der Waals surface area contributed by atoms with Crippen LogP contribution in [0.3, 0.4) is 0 Å². The van der Waals surface area contributed by atoms with Crippen LogP contribution in [0.5, 0.6) is 5.75 Å². The van der Waals surface area contributed by atoms with E-state index >= 15 is 0 Å². The summed E-state index contributed by atoms with van der Waals surface area (Å²) >= 11 is 0. The Labute approximate surface area is 112 Å². The monoisotopic (exact) mass is 257 g/mol. The number of aryl methyl sites for hydroxylation is 1. The second-order valence-electron chi connectivity index (χ2n) is 5.04. The maximum atomic E-state index is 12.9. The van der Waals surface area contributed by atoms with E-state index in [1.807, 2.05) is 19.1 Å². The van der Waals surface area contributed by atoms with Crippen molar-refractivity contribution in [1.82, 2.24) is 0 Å². The fourth-order valence-electron chi connectivity index (χ4n) is 2.51. The number of hydrogen-bond acceptors (Lipinski definition) is 2. The second kappa shape index (κ2) is 4.67. The molecule has 3 rings (SSSR count). The predicted molar refractivity (Wildman–Crippen MR) is 72.5 cm³/mol. The summed E-state index contributed by atoms with van der Waals surface area (Å²) in [5, 5.41) is 0. The lowest BCUT2D eigenvalue weighted by molar-refractivity contribution is 0.161. The summed E-state index contributed by atoms with van der Waals surface area (Å²) in [6.45, 7) is 2.04. The highest BCUT2D eigenvalue weighted by Gasteiger charge is 2.26. The number of hydrogen-bond donors (Lipinski definition) is 1. The highest BCUT2D eigenvalue weighted by molar-refractivity contribution is 5.41. The van der Waals surface area contributed by atoms with Crippen LogP contribution in [0.1, 0.15) is 35.3 Å². The van der Waals surface area contributed by atoms with Crippen LogP contribution < -0.4 is 10.5 Å². The molecule has 1 aliphatic heterocycles. The number of halogens is 1. The van der Waals surface area contributed by atoms with Gasteiger partial charge in [-0.25, -0.2) is 4.39 Å². The largest absolute Gasteiger partial charge is 0.485 e. The fraction of sp³-hybridized carbons (Fsp3) is 0.250. The third-order valence-corrected chi connectivity index (χ3v) is 3.54. The third kappa shape index (κ3) is 2.34. The zero-order valence-electron chi connectivity index (χ0n) is 10.8. The summed E-state index contributed by atoms with van der Waals surface area (Å²) in [7, 11) is 0. The van der Waals surface area contributed by atoms with Crippen LogP contribution >= 0.6 is 0 Å². The van der Waals surface area contributed by atoms with Crippen LogP contribution in [0.15, 0.2) is 42.5 Å². The molecule has 0 spiro atoms. The summed E-state index contributed by atoms with van der Waals surface area (Å²) in [6, 6.07) is 12.4. The Morgan fingerprint density at radius 2 is 1.89 bits per heavy atom. The van der Waals surface area contributed by atoms with Crippen LogP contribution in [-0.4, -0.2) is 0 Å². The van der Waals surface area contributed by atoms with Gasteiger partial charge in [0, 0.05) is 18.0 Å². The molecule has 2 atom stereocenters. The van der Waals surface area contributed by atoms with Crippen LogP contribution in [0.25, 0.3) is 0 Å². The first-order chi connectivity index (χ1) is 9.13. The molecule has 0 radical (unpaired) electrons. The van der Waals surface area contributed by atoms with E-state index in [4.69, 9.17) is 10.5 Å². The Kier molecular flexibility index (Phi) is 2.99. The molecule has 0 fully saturated rings. The van der Waals surface area contributed by atoms with E-state index in [2.05, 4.69) is 6.07 Å². The zero-order valence-corrected chi connectivity index (χ0v) is 10.8. The van der Waals surface area contributed by atoms with E-state index in [1.165, 1.54) is 17.7 Å². The van der Waals surface area contributed by atoms with Gasteiger partial charge in [-0.2, -0.15) is 0 Å². The molecule has 2 aromatic carbocycles. The predicted octanol–water partition coefficient (Wildman–Crippen LogP) is 3.66. The quantitative estimate of drug-likeness (QED) is 0.846. The van der Waals surface area contributed by atoms with E-state index in [1.54, 1.807) is 12.1 Å². The number of nitrogens with two attached hydrogens (primary N) is 1. The van der Waals surface area contributed by atoms with Crippen molar-refractivity contribution >= 4 is 0 Å².